The third-order valence-electron chi connectivity index (χ3n) is 4.75. The molecule has 1 aromatic heterocycles. The molecule has 1 aliphatic carbocycles. The molecule has 0 amide bonds. The van der Waals surface area contributed by atoms with Gasteiger partial charge in [0.25, 0.3) is 0 Å². The van der Waals surface area contributed by atoms with Crippen LogP contribution in [0.2, 0.25) is 0 Å². The maximum atomic E-state index is 12.6. The van der Waals surface area contributed by atoms with Gasteiger partial charge in [-0.05, 0) is 70.2 Å². The molecule has 2 N–H and O–H groups in total. The smallest absolute Gasteiger partial charge is 0.0976 e. The Bertz CT molecular complexity index is 547. The molecular weight excluding hydrogens is 282 g/mol. The first-order valence-electron chi connectivity index (χ1n) is 7.75. The summed E-state index contributed by atoms with van der Waals surface area (Å²) < 4.78 is 15.8. The van der Waals surface area contributed by atoms with Crippen molar-refractivity contribution in [2.24, 2.45) is 5.41 Å². The molecule has 5 heteroatoms. The van der Waals surface area contributed by atoms with Crippen molar-refractivity contribution < 1.29 is 4.21 Å². The molecule has 21 heavy (non-hydrogen) atoms. The summed E-state index contributed by atoms with van der Waals surface area (Å²) in [6, 6.07) is 4.30. The van der Waals surface area contributed by atoms with Crippen LogP contribution in [0.3, 0.4) is 0 Å². The van der Waals surface area contributed by atoms with Crippen LogP contribution in [0.25, 0.3) is 0 Å². The molecule has 1 aromatic rings. The van der Waals surface area contributed by atoms with Gasteiger partial charge in [-0.3, -0.25) is 4.98 Å². The fourth-order valence-corrected chi connectivity index (χ4v) is 4.43. The molecule has 2 atom stereocenters. The van der Waals surface area contributed by atoms with E-state index in [1.54, 1.807) is 0 Å². The highest BCUT2D eigenvalue weighted by atomic mass is 32.2. The lowest BCUT2D eigenvalue weighted by Crippen LogP contribution is -2.46. The van der Waals surface area contributed by atoms with Crippen molar-refractivity contribution in [3.63, 3.8) is 0 Å². The Balaban J connectivity index is 1.94. The van der Waals surface area contributed by atoms with Crippen molar-refractivity contribution in [2.75, 3.05) is 13.1 Å². The minimum Gasteiger partial charge on any atom is -0.317 e. The Labute approximate surface area is 129 Å². The van der Waals surface area contributed by atoms with E-state index >= 15 is 0 Å². The maximum absolute atomic E-state index is 12.6. The summed E-state index contributed by atoms with van der Waals surface area (Å²) in [4.78, 5) is 4.57. The Morgan fingerprint density at radius 3 is 2.76 bits per heavy atom. The monoisotopic (exact) mass is 307 g/mol. The number of aromatic nitrogens is 1. The summed E-state index contributed by atoms with van der Waals surface area (Å²) in [6.45, 7) is 8.13. The van der Waals surface area contributed by atoms with Crippen molar-refractivity contribution in [2.45, 2.75) is 50.8 Å². The first-order valence-corrected chi connectivity index (χ1v) is 8.90. The number of hydrogen-bond donors (Lipinski definition) is 2. The van der Waals surface area contributed by atoms with E-state index in [1.807, 2.05) is 33.0 Å². The summed E-state index contributed by atoms with van der Waals surface area (Å²) in [7, 11) is -1.06. The summed E-state index contributed by atoms with van der Waals surface area (Å²) in [5.41, 5.74) is 2.60. The summed E-state index contributed by atoms with van der Waals surface area (Å²) in [5, 5.41) is 3.44. The number of nitrogens with zero attached hydrogens (tertiary/aromatic N) is 1. The summed E-state index contributed by atoms with van der Waals surface area (Å²) in [5.74, 6) is 0. The summed E-state index contributed by atoms with van der Waals surface area (Å²) in [6.07, 6.45) is 5.10. The maximum Gasteiger partial charge on any atom is 0.0976 e. The van der Waals surface area contributed by atoms with E-state index in [4.69, 9.17) is 0 Å². The van der Waals surface area contributed by atoms with Gasteiger partial charge in [-0.1, -0.05) is 6.07 Å². The molecule has 1 aliphatic heterocycles. The first kappa shape index (κ1) is 15.1. The van der Waals surface area contributed by atoms with E-state index in [0.29, 0.717) is 0 Å². The van der Waals surface area contributed by atoms with Crippen molar-refractivity contribution >= 4 is 11.0 Å². The van der Waals surface area contributed by atoms with Gasteiger partial charge in [0.05, 0.1) is 21.8 Å². The van der Waals surface area contributed by atoms with Gasteiger partial charge in [0.15, 0.2) is 0 Å². The average molecular weight is 307 g/mol. The van der Waals surface area contributed by atoms with E-state index in [0.717, 1.165) is 32.4 Å². The minimum absolute atomic E-state index is 0.156. The molecule has 0 aromatic carbocycles. The number of piperidine rings is 1. The molecule has 1 saturated heterocycles. The fourth-order valence-electron chi connectivity index (χ4n) is 3.49. The van der Waals surface area contributed by atoms with Gasteiger partial charge in [-0.2, -0.15) is 0 Å². The van der Waals surface area contributed by atoms with Crippen LogP contribution in [-0.4, -0.2) is 27.0 Å². The third kappa shape index (κ3) is 2.79. The molecule has 4 nitrogen and oxygen atoms in total. The molecule has 0 radical (unpaired) electrons. The van der Waals surface area contributed by atoms with Crippen molar-refractivity contribution in [3.05, 3.63) is 29.6 Å². The zero-order valence-electron chi connectivity index (χ0n) is 13.1. The SMILES string of the molecule is CC(C)(C)[S@](=O)N[C@@H]1c2cccnc2CC12CCNCC2. The molecular formula is C16H25N3OS. The Hall–Kier alpha value is -0.780. The lowest BCUT2D eigenvalue weighted by atomic mass is 9.74. The van der Waals surface area contributed by atoms with Gasteiger partial charge < -0.3 is 5.32 Å². The molecule has 0 bridgehead atoms. The predicted octanol–water partition coefficient (Wildman–Crippen LogP) is 2.10. The number of pyridine rings is 1. The molecule has 2 aliphatic rings. The second-order valence-corrected chi connectivity index (χ2v) is 9.26. The molecule has 116 valence electrons. The van der Waals surface area contributed by atoms with Crippen molar-refractivity contribution in [1.82, 2.24) is 15.0 Å². The van der Waals surface area contributed by atoms with E-state index in [1.165, 1.54) is 11.3 Å². The van der Waals surface area contributed by atoms with Gasteiger partial charge in [-0.15, -0.1) is 0 Å². The van der Waals surface area contributed by atoms with Crippen LogP contribution in [0.4, 0.5) is 0 Å². The van der Waals surface area contributed by atoms with Gasteiger partial charge in [-0.25, -0.2) is 8.93 Å². The quantitative estimate of drug-likeness (QED) is 0.880. The summed E-state index contributed by atoms with van der Waals surface area (Å²) >= 11 is 0. The highest BCUT2D eigenvalue weighted by Gasteiger charge is 2.48. The molecule has 1 fully saturated rings. The van der Waals surface area contributed by atoms with Crippen LogP contribution in [0.15, 0.2) is 18.3 Å². The van der Waals surface area contributed by atoms with Crippen molar-refractivity contribution in [3.8, 4) is 0 Å². The van der Waals surface area contributed by atoms with Gasteiger partial charge in [0.1, 0.15) is 0 Å². The molecule has 0 saturated carbocycles. The number of hydrogen-bond acceptors (Lipinski definition) is 3. The molecule has 3 rings (SSSR count). The number of rotatable bonds is 2. The van der Waals surface area contributed by atoms with Crippen LogP contribution in [-0.2, 0) is 17.4 Å². The van der Waals surface area contributed by atoms with Crippen LogP contribution >= 0.6 is 0 Å². The van der Waals surface area contributed by atoms with E-state index < -0.39 is 11.0 Å². The first-order chi connectivity index (χ1) is 9.92. The zero-order chi connectivity index (χ0) is 15.1. The molecule has 2 heterocycles. The van der Waals surface area contributed by atoms with Gasteiger partial charge in [0, 0.05) is 11.9 Å². The molecule has 0 unspecified atom stereocenters. The lowest BCUT2D eigenvalue weighted by Gasteiger charge is -2.40. The standard InChI is InChI=1S/C16H25N3OS/c1-15(2,3)21(20)19-14-12-5-4-8-18-13(12)11-16(14)6-9-17-10-7-16/h4-5,8,14,17,19H,6-7,9-11H2,1-3H3/t14-,21+/m1/s1. The molecule has 1 spiro atoms. The van der Waals surface area contributed by atoms with E-state index in [9.17, 15) is 4.21 Å². The lowest BCUT2D eigenvalue weighted by molar-refractivity contribution is 0.164. The number of fused-ring (bicyclic) bond motifs is 1. The third-order valence-corrected chi connectivity index (χ3v) is 6.31. The normalized spacial score (nSPS) is 25.8. The largest absolute Gasteiger partial charge is 0.317 e. The zero-order valence-corrected chi connectivity index (χ0v) is 13.9. The Kier molecular flexibility index (Phi) is 3.93. The second kappa shape index (κ2) is 5.45. The van der Waals surface area contributed by atoms with E-state index in [-0.39, 0.29) is 16.2 Å². The number of nitrogens with one attached hydrogen (secondary N) is 2. The van der Waals surface area contributed by atoms with Crippen LogP contribution in [0.1, 0.15) is 50.9 Å². The Morgan fingerprint density at radius 1 is 1.38 bits per heavy atom. The fraction of sp³-hybridized carbons (Fsp3) is 0.688. The highest BCUT2D eigenvalue weighted by Crippen LogP contribution is 2.50. The Morgan fingerprint density at radius 2 is 2.10 bits per heavy atom. The second-order valence-electron chi connectivity index (χ2n) is 7.26. The van der Waals surface area contributed by atoms with Crippen LogP contribution in [0, 0.1) is 5.41 Å². The predicted molar refractivity (Wildman–Crippen MR) is 86.2 cm³/mol. The topological polar surface area (TPSA) is 54.0 Å². The van der Waals surface area contributed by atoms with Crippen LogP contribution in [0.5, 0.6) is 0 Å². The van der Waals surface area contributed by atoms with Crippen LogP contribution < -0.4 is 10.0 Å². The van der Waals surface area contributed by atoms with Gasteiger partial charge >= 0.3 is 0 Å². The average Bonchev–Trinajstić information content (AvgIpc) is 2.72. The van der Waals surface area contributed by atoms with E-state index in [2.05, 4.69) is 21.1 Å². The minimum atomic E-state index is -1.06. The highest BCUT2D eigenvalue weighted by molar-refractivity contribution is 7.84. The van der Waals surface area contributed by atoms with Gasteiger partial charge in [0.2, 0.25) is 0 Å². The van der Waals surface area contributed by atoms with Crippen molar-refractivity contribution in [1.29, 1.82) is 0 Å².